The van der Waals surface area contributed by atoms with Crippen LogP contribution in [0.2, 0.25) is 0 Å². The number of amides is 4. The summed E-state index contributed by atoms with van der Waals surface area (Å²) < 4.78 is 11.6. The van der Waals surface area contributed by atoms with Gasteiger partial charge >= 0.3 is 6.03 Å². The average molecular weight is 817 g/mol. The van der Waals surface area contributed by atoms with E-state index in [4.69, 9.17) is 14.5 Å². The number of ether oxygens (including phenoxy) is 2. The van der Waals surface area contributed by atoms with Crippen molar-refractivity contribution in [1.29, 1.82) is 0 Å². The molecule has 2 aromatic carbocycles. The van der Waals surface area contributed by atoms with Gasteiger partial charge in [0.2, 0.25) is 11.9 Å². The number of carbonyl (C=O) groups is 3. The molecule has 0 saturated carbocycles. The van der Waals surface area contributed by atoms with Gasteiger partial charge in [-0.3, -0.25) is 19.8 Å². The number of urea groups is 1. The lowest BCUT2D eigenvalue weighted by Gasteiger charge is -2.39. The number of rotatable bonds is 13. The molecular formula is C45H56N10O5. The number of nitrogens with one attached hydrogen (secondary N) is 3. The summed E-state index contributed by atoms with van der Waals surface area (Å²) in [4.78, 5) is 59.1. The van der Waals surface area contributed by atoms with E-state index in [-0.39, 0.29) is 36.5 Å². The van der Waals surface area contributed by atoms with Crippen LogP contribution in [0.1, 0.15) is 50.7 Å². The van der Waals surface area contributed by atoms with Crippen molar-refractivity contribution in [2.75, 3.05) is 74.0 Å². The number of piperazine rings is 1. The zero-order chi connectivity index (χ0) is 41.6. The first-order valence-corrected chi connectivity index (χ1v) is 21.3. The van der Waals surface area contributed by atoms with Gasteiger partial charge in [0.25, 0.3) is 5.91 Å². The van der Waals surface area contributed by atoms with Crippen LogP contribution in [0.4, 0.5) is 27.9 Å². The fourth-order valence-corrected chi connectivity index (χ4v) is 8.35. The van der Waals surface area contributed by atoms with E-state index in [9.17, 15) is 14.4 Å². The Morgan fingerprint density at radius 1 is 0.900 bits per heavy atom. The van der Waals surface area contributed by atoms with E-state index < -0.39 is 6.10 Å². The van der Waals surface area contributed by atoms with E-state index in [0.717, 1.165) is 79.7 Å². The lowest BCUT2D eigenvalue weighted by atomic mass is 9.95. The smallest absolute Gasteiger partial charge is 0.317 e. The minimum absolute atomic E-state index is 0.0632. The van der Waals surface area contributed by atoms with Crippen molar-refractivity contribution in [1.82, 2.24) is 35.4 Å². The Labute approximate surface area is 351 Å². The Morgan fingerprint density at radius 3 is 2.38 bits per heavy atom. The molecule has 6 heterocycles. The quantitative estimate of drug-likeness (QED) is 0.153. The second-order valence-corrected chi connectivity index (χ2v) is 16.6. The van der Waals surface area contributed by atoms with Gasteiger partial charge in [-0.15, -0.1) is 0 Å². The predicted octanol–water partition coefficient (Wildman–Crippen LogP) is 5.13. The molecule has 0 bridgehead atoms. The number of hydrogen-bond acceptors (Lipinski definition) is 12. The normalized spacial score (nSPS) is 19.3. The standard InChI is InChI=1S/C45H56N10O5/c1-30(2)59-38-28-55(29-38)45(58)48-25-34-5-4-33(24-31(34)3)39-14-17-46-44(50-39)49-35-6-8-36(9-7-35)53-18-15-32(16-19-53)27-52-20-22-54(23-21-52)41-12-10-37(26-47-41)60-40-11-13-42(56)51-43(40)57/h4-10,12,14,17,24,26,30,32,38,40H,11,13,15-16,18-23,25,27-29H2,1-3H3,(H,48,58)(H,46,49,50)(H,51,56,57). The first kappa shape index (κ1) is 41.0. The molecule has 316 valence electrons. The SMILES string of the molecule is Cc1cc(-c2ccnc(Nc3ccc(N4CCC(CN5CCN(c6ccc(OC7CCC(=O)NC7=O)cn6)CC5)CC4)cc3)n2)ccc1CNC(=O)N1CC(OC(C)C)C1. The molecule has 3 N–H and O–H groups in total. The average Bonchev–Trinajstić information content (AvgIpc) is 3.24. The predicted molar refractivity (Wildman–Crippen MR) is 230 cm³/mol. The van der Waals surface area contributed by atoms with Crippen molar-refractivity contribution in [2.45, 2.75) is 71.3 Å². The molecule has 4 saturated heterocycles. The maximum atomic E-state index is 12.6. The van der Waals surface area contributed by atoms with Crippen molar-refractivity contribution >= 4 is 41.0 Å². The van der Waals surface area contributed by atoms with Crippen LogP contribution in [0.5, 0.6) is 5.75 Å². The molecule has 60 heavy (non-hydrogen) atoms. The number of pyridine rings is 1. The monoisotopic (exact) mass is 816 g/mol. The van der Waals surface area contributed by atoms with Crippen LogP contribution in [-0.2, 0) is 20.9 Å². The Bertz CT molecular complexity index is 2110. The number of carbonyl (C=O) groups excluding carboxylic acids is 3. The third kappa shape index (κ3) is 10.3. The summed E-state index contributed by atoms with van der Waals surface area (Å²) in [5.41, 5.74) is 6.13. The molecule has 8 rings (SSSR count). The highest BCUT2D eigenvalue weighted by Crippen LogP contribution is 2.28. The highest BCUT2D eigenvalue weighted by Gasteiger charge is 2.32. The Kier molecular flexibility index (Phi) is 12.7. The molecular weight excluding hydrogens is 761 g/mol. The zero-order valence-corrected chi connectivity index (χ0v) is 34.8. The molecule has 1 unspecified atom stereocenters. The number of aromatic nitrogens is 3. The van der Waals surface area contributed by atoms with Crippen molar-refractivity contribution in [3.8, 4) is 17.0 Å². The first-order valence-electron chi connectivity index (χ1n) is 21.3. The van der Waals surface area contributed by atoms with Crippen molar-refractivity contribution in [3.63, 3.8) is 0 Å². The second-order valence-electron chi connectivity index (χ2n) is 16.6. The molecule has 4 aliphatic heterocycles. The van der Waals surface area contributed by atoms with Gasteiger partial charge in [-0.2, -0.15) is 0 Å². The zero-order valence-electron chi connectivity index (χ0n) is 34.8. The summed E-state index contributed by atoms with van der Waals surface area (Å²) in [6.45, 7) is 14.8. The van der Waals surface area contributed by atoms with Crippen molar-refractivity contribution in [3.05, 3.63) is 84.2 Å². The lowest BCUT2D eigenvalue weighted by molar-refractivity contribution is -0.138. The molecule has 4 aromatic rings. The largest absolute Gasteiger partial charge is 0.479 e. The number of aryl methyl sites for hydroxylation is 1. The molecule has 2 aromatic heterocycles. The summed E-state index contributed by atoms with van der Waals surface area (Å²) in [5, 5.41) is 8.75. The van der Waals surface area contributed by atoms with Crippen molar-refractivity contribution in [2.24, 2.45) is 5.92 Å². The molecule has 0 aliphatic carbocycles. The van der Waals surface area contributed by atoms with Gasteiger partial charge in [0.1, 0.15) is 11.6 Å². The molecule has 15 heteroatoms. The fourth-order valence-electron chi connectivity index (χ4n) is 8.35. The molecule has 4 aliphatic rings. The highest BCUT2D eigenvalue weighted by atomic mass is 16.5. The van der Waals surface area contributed by atoms with E-state index in [1.165, 1.54) is 18.5 Å². The molecule has 1 atom stereocenters. The maximum absolute atomic E-state index is 12.6. The minimum Gasteiger partial charge on any atom is -0.479 e. The van der Waals surface area contributed by atoms with Crippen LogP contribution in [0.25, 0.3) is 11.3 Å². The highest BCUT2D eigenvalue weighted by molar-refractivity contribution is 5.99. The Morgan fingerprint density at radius 2 is 1.68 bits per heavy atom. The number of imide groups is 1. The summed E-state index contributed by atoms with van der Waals surface area (Å²) in [5.74, 6) is 2.01. The van der Waals surface area contributed by atoms with Gasteiger partial charge in [0, 0.05) is 88.3 Å². The summed E-state index contributed by atoms with van der Waals surface area (Å²) in [6.07, 6.45) is 6.07. The number of hydrogen-bond donors (Lipinski definition) is 3. The molecule has 0 spiro atoms. The van der Waals surface area contributed by atoms with E-state index >= 15 is 0 Å². The van der Waals surface area contributed by atoms with Crippen LogP contribution in [0.15, 0.2) is 73.1 Å². The third-order valence-corrected chi connectivity index (χ3v) is 11.8. The van der Waals surface area contributed by atoms with E-state index in [0.29, 0.717) is 43.7 Å². The van der Waals surface area contributed by atoms with Gasteiger partial charge < -0.3 is 34.8 Å². The Hall–Kier alpha value is -5.80. The molecule has 0 radical (unpaired) electrons. The van der Waals surface area contributed by atoms with Crippen LogP contribution >= 0.6 is 0 Å². The van der Waals surface area contributed by atoms with E-state index in [1.807, 2.05) is 38.1 Å². The first-order chi connectivity index (χ1) is 29.1. The molecule has 4 fully saturated rings. The van der Waals surface area contributed by atoms with Crippen LogP contribution in [0, 0.1) is 12.8 Å². The third-order valence-electron chi connectivity index (χ3n) is 11.8. The minimum atomic E-state index is -0.661. The second kappa shape index (κ2) is 18.6. The Balaban J connectivity index is 0.751. The van der Waals surface area contributed by atoms with E-state index in [1.54, 1.807) is 17.3 Å². The number of anilines is 4. The van der Waals surface area contributed by atoms with Crippen LogP contribution in [-0.4, -0.2) is 120 Å². The molecule has 15 nitrogen and oxygen atoms in total. The van der Waals surface area contributed by atoms with E-state index in [2.05, 4.69) is 83.9 Å². The summed E-state index contributed by atoms with van der Waals surface area (Å²) in [7, 11) is 0. The summed E-state index contributed by atoms with van der Waals surface area (Å²) >= 11 is 0. The van der Waals surface area contributed by atoms with Gasteiger partial charge in [-0.05, 0) is 99.2 Å². The number of likely N-dealkylation sites (tertiary alicyclic amines) is 1. The number of piperidine rings is 2. The van der Waals surface area contributed by atoms with Crippen LogP contribution < -0.4 is 30.5 Å². The summed E-state index contributed by atoms with van der Waals surface area (Å²) in [6, 6.07) is 20.4. The maximum Gasteiger partial charge on any atom is 0.317 e. The van der Waals surface area contributed by atoms with Gasteiger partial charge in [0.15, 0.2) is 6.10 Å². The number of benzene rings is 2. The fraction of sp³-hybridized carbons (Fsp3) is 0.467. The van der Waals surface area contributed by atoms with Crippen molar-refractivity contribution < 1.29 is 23.9 Å². The van der Waals surface area contributed by atoms with Gasteiger partial charge in [-0.25, -0.2) is 19.7 Å². The number of nitrogens with zero attached hydrogens (tertiary/aromatic N) is 7. The topological polar surface area (TPSA) is 157 Å². The van der Waals surface area contributed by atoms with Gasteiger partial charge in [0.05, 0.1) is 37.2 Å². The lowest BCUT2D eigenvalue weighted by Crippen LogP contribution is -2.58. The molecule has 4 amide bonds. The van der Waals surface area contributed by atoms with Gasteiger partial charge in [-0.1, -0.05) is 12.1 Å². The van der Waals surface area contributed by atoms with Crippen LogP contribution in [0.3, 0.4) is 0 Å².